The number of phenolic OH excluding ortho intramolecular Hbond substituents is 1. The summed E-state index contributed by atoms with van der Waals surface area (Å²) >= 11 is 0. The van der Waals surface area contributed by atoms with Crippen molar-refractivity contribution in [1.29, 1.82) is 0 Å². The van der Waals surface area contributed by atoms with E-state index < -0.39 is 5.54 Å². The molecule has 0 heterocycles. The minimum Gasteiger partial charge on any atom is -0.508 e. The molecular weight excluding hydrogens is 254 g/mol. The highest BCUT2D eigenvalue weighted by molar-refractivity contribution is 5.79. The van der Waals surface area contributed by atoms with Crippen LogP contribution in [0.4, 0.5) is 0 Å². The predicted molar refractivity (Wildman–Crippen MR) is 77.4 cm³/mol. The van der Waals surface area contributed by atoms with E-state index >= 15 is 0 Å². The molecule has 4 heteroatoms. The summed E-state index contributed by atoms with van der Waals surface area (Å²) in [6.07, 6.45) is 3.96. The lowest BCUT2D eigenvalue weighted by atomic mass is 9.77. The standard InChI is InChI=1S/C16H23NO3/c1-12-5-7-16(11-18,8-6-12)17-15(20)10-13-3-2-4-14(19)9-13/h2-4,9,12,18-19H,5-8,10-11H2,1H3,(H,17,20). The Hall–Kier alpha value is -1.55. The molecule has 0 radical (unpaired) electrons. The molecule has 3 N–H and O–H groups in total. The summed E-state index contributed by atoms with van der Waals surface area (Å²) in [4.78, 5) is 12.1. The number of hydrogen-bond acceptors (Lipinski definition) is 3. The van der Waals surface area contributed by atoms with Gasteiger partial charge in [-0.1, -0.05) is 19.1 Å². The number of carbonyl (C=O) groups is 1. The second kappa shape index (κ2) is 6.27. The Labute approximate surface area is 119 Å². The van der Waals surface area contributed by atoms with Gasteiger partial charge < -0.3 is 15.5 Å². The van der Waals surface area contributed by atoms with Crippen LogP contribution in [0.5, 0.6) is 5.75 Å². The number of aromatic hydroxyl groups is 1. The maximum absolute atomic E-state index is 12.1. The first-order valence-electron chi connectivity index (χ1n) is 7.23. The van der Waals surface area contributed by atoms with Crippen LogP contribution in [0.2, 0.25) is 0 Å². The number of rotatable bonds is 4. The van der Waals surface area contributed by atoms with E-state index in [1.54, 1.807) is 18.2 Å². The van der Waals surface area contributed by atoms with Crippen molar-refractivity contribution >= 4 is 5.91 Å². The van der Waals surface area contributed by atoms with Gasteiger partial charge in [0.2, 0.25) is 5.91 Å². The molecule has 1 aromatic rings. The average Bonchev–Trinajstić information content (AvgIpc) is 2.41. The molecular formula is C16H23NO3. The Bertz CT molecular complexity index is 465. The Morgan fingerprint density at radius 1 is 1.40 bits per heavy atom. The molecule has 1 aliphatic carbocycles. The third kappa shape index (κ3) is 3.73. The van der Waals surface area contributed by atoms with Crippen molar-refractivity contribution in [3.8, 4) is 5.75 Å². The van der Waals surface area contributed by atoms with Crippen LogP contribution in [0, 0.1) is 5.92 Å². The minimum absolute atomic E-state index is 0.00843. The summed E-state index contributed by atoms with van der Waals surface area (Å²) < 4.78 is 0. The molecule has 0 unspecified atom stereocenters. The maximum atomic E-state index is 12.1. The van der Waals surface area contributed by atoms with Crippen molar-refractivity contribution in [3.63, 3.8) is 0 Å². The SMILES string of the molecule is CC1CCC(CO)(NC(=O)Cc2cccc(O)c2)CC1. The molecule has 1 aromatic carbocycles. The normalized spacial score (nSPS) is 26.2. The van der Waals surface area contributed by atoms with Crippen LogP contribution in [0.1, 0.15) is 38.2 Å². The summed E-state index contributed by atoms with van der Waals surface area (Å²) in [7, 11) is 0. The fourth-order valence-corrected chi connectivity index (χ4v) is 2.83. The van der Waals surface area contributed by atoms with Gasteiger partial charge in [-0.2, -0.15) is 0 Å². The molecule has 2 rings (SSSR count). The van der Waals surface area contributed by atoms with Gasteiger partial charge >= 0.3 is 0 Å². The number of amides is 1. The predicted octanol–water partition coefficient (Wildman–Crippen LogP) is 1.99. The first-order valence-corrected chi connectivity index (χ1v) is 7.23. The number of nitrogens with one attached hydrogen (secondary N) is 1. The van der Waals surface area contributed by atoms with E-state index in [0.717, 1.165) is 31.2 Å². The highest BCUT2D eigenvalue weighted by atomic mass is 16.3. The third-order valence-corrected chi connectivity index (χ3v) is 4.21. The second-order valence-corrected chi connectivity index (χ2v) is 6.02. The molecule has 0 aromatic heterocycles. The lowest BCUT2D eigenvalue weighted by molar-refractivity contribution is -0.123. The van der Waals surface area contributed by atoms with E-state index in [0.29, 0.717) is 5.92 Å². The molecule has 0 spiro atoms. The van der Waals surface area contributed by atoms with Gasteiger partial charge in [0.25, 0.3) is 0 Å². The molecule has 0 bridgehead atoms. The van der Waals surface area contributed by atoms with Gasteiger partial charge in [-0.15, -0.1) is 0 Å². The van der Waals surface area contributed by atoms with Gasteiger partial charge in [-0.05, 0) is 49.3 Å². The Morgan fingerprint density at radius 2 is 2.10 bits per heavy atom. The van der Waals surface area contributed by atoms with E-state index in [9.17, 15) is 15.0 Å². The highest BCUT2D eigenvalue weighted by Gasteiger charge is 2.34. The lowest BCUT2D eigenvalue weighted by Gasteiger charge is -2.38. The molecule has 0 saturated heterocycles. The molecule has 1 fully saturated rings. The molecule has 4 nitrogen and oxygen atoms in total. The number of carbonyl (C=O) groups excluding carboxylic acids is 1. The van der Waals surface area contributed by atoms with Crippen LogP contribution < -0.4 is 5.32 Å². The second-order valence-electron chi connectivity index (χ2n) is 6.02. The average molecular weight is 277 g/mol. The van der Waals surface area contributed by atoms with Crippen LogP contribution in [0.15, 0.2) is 24.3 Å². The minimum atomic E-state index is -0.458. The van der Waals surface area contributed by atoms with E-state index in [2.05, 4.69) is 12.2 Å². The summed E-state index contributed by atoms with van der Waals surface area (Å²) in [6.45, 7) is 2.20. The molecule has 20 heavy (non-hydrogen) atoms. The molecule has 0 atom stereocenters. The number of aliphatic hydroxyl groups excluding tert-OH is 1. The van der Waals surface area contributed by atoms with Gasteiger partial charge in [0.15, 0.2) is 0 Å². The van der Waals surface area contributed by atoms with Gasteiger partial charge in [-0.3, -0.25) is 4.79 Å². The topological polar surface area (TPSA) is 69.6 Å². The Balaban J connectivity index is 1.96. The Morgan fingerprint density at radius 3 is 2.70 bits per heavy atom. The van der Waals surface area contributed by atoms with Gasteiger partial charge in [0.1, 0.15) is 5.75 Å². The van der Waals surface area contributed by atoms with Gasteiger partial charge in [-0.25, -0.2) is 0 Å². The first-order chi connectivity index (χ1) is 9.53. The number of benzene rings is 1. The van der Waals surface area contributed by atoms with Crippen molar-refractivity contribution in [3.05, 3.63) is 29.8 Å². The van der Waals surface area contributed by atoms with Crippen LogP contribution in [-0.2, 0) is 11.2 Å². The van der Waals surface area contributed by atoms with E-state index in [1.807, 2.05) is 6.07 Å². The summed E-state index contributed by atoms with van der Waals surface area (Å²) in [5.41, 5.74) is 0.320. The third-order valence-electron chi connectivity index (χ3n) is 4.21. The fourth-order valence-electron chi connectivity index (χ4n) is 2.83. The maximum Gasteiger partial charge on any atom is 0.224 e. The fraction of sp³-hybridized carbons (Fsp3) is 0.562. The van der Waals surface area contributed by atoms with Gasteiger partial charge in [0.05, 0.1) is 18.6 Å². The van der Waals surface area contributed by atoms with Crippen molar-refractivity contribution in [1.82, 2.24) is 5.32 Å². The van der Waals surface area contributed by atoms with Crippen molar-refractivity contribution in [2.75, 3.05) is 6.61 Å². The largest absolute Gasteiger partial charge is 0.508 e. The molecule has 0 aliphatic heterocycles. The lowest BCUT2D eigenvalue weighted by Crippen LogP contribution is -2.53. The molecule has 1 saturated carbocycles. The van der Waals surface area contributed by atoms with Crippen molar-refractivity contribution in [2.24, 2.45) is 5.92 Å². The van der Waals surface area contributed by atoms with Gasteiger partial charge in [0, 0.05) is 0 Å². The molecule has 110 valence electrons. The number of aliphatic hydroxyl groups is 1. The summed E-state index contributed by atoms with van der Waals surface area (Å²) in [5.74, 6) is 0.732. The van der Waals surface area contributed by atoms with Crippen LogP contribution in [0.25, 0.3) is 0 Å². The zero-order valence-corrected chi connectivity index (χ0v) is 11.9. The van der Waals surface area contributed by atoms with Crippen LogP contribution >= 0.6 is 0 Å². The van der Waals surface area contributed by atoms with E-state index in [4.69, 9.17) is 0 Å². The number of phenols is 1. The van der Waals surface area contributed by atoms with Crippen molar-refractivity contribution in [2.45, 2.75) is 44.6 Å². The zero-order chi connectivity index (χ0) is 14.6. The first kappa shape index (κ1) is 14.9. The zero-order valence-electron chi connectivity index (χ0n) is 11.9. The smallest absolute Gasteiger partial charge is 0.224 e. The quantitative estimate of drug-likeness (QED) is 0.788. The van der Waals surface area contributed by atoms with Crippen molar-refractivity contribution < 1.29 is 15.0 Å². The Kier molecular flexibility index (Phi) is 4.65. The van der Waals surface area contributed by atoms with E-state index in [-0.39, 0.29) is 24.7 Å². The monoisotopic (exact) mass is 277 g/mol. The molecule has 1 amide bonds. The summed E-state index contributed by atoms with van der Waals surface area (Å²) in [5, 5.41) is 22.0. The highest BCUT2D eigenvalue weighted by Crippen LogP contribution is 2.31. The summed E-state index contributed by atoms with van der Waals surface area (Å²) in [6, 6.07) is 6.71. The van der Waals surface area contributed by atoms with E-state index in [1.165, 1.54) is 0 Å². The van der Waals surface area contributed by atoms with Crippen LogP contribution in [-0.4, -0.2) is 28.3 Å². The molecule has 1 aliphatic rings. The number of hydrogen-bond donors (Lipinski definition) is 3. The van der Waals surface area contributed by atoms with Crippen LogP contribution in [0.3, 0.4) is 0 Å².